The lowest BCUT2D eigenvalue weighted by Gasteiger charge is -2.27. The monoisotopic (exact) mass is 725 g/mol. The van der Waals surface area contributed by atoms with Gasteiger partial charge in [-0.05, 0) is 48.6 Å². The van der Waals surface area contributed by atoms with Gasteiger partial charge in [-0.25, -0.2) is 9.37 Å². The first-order valence-corrected chi connectivity index (χ1v) is 16.8. The number of nitrogens with two attached hydrogens (primary N) is 2. The molecular weight excluding hydrogens is 689 g/mol. The number of piperidine rings is 1. The van der Waals surface area contributed by atoms with Gasteiger partial charge in [0, 0.05) is 66.9 Å². The lowest BCUT2D eigenvalue weighted by molar-refractivity contribution is -0.136. The van der Waals surface area contributed by atoms with Crippen LogP contribution in [0.5, 0.6) is 0 Å². The van der Waals surface area contributed by atoms with E-state index in [0.29, 0.717) is 33.3 Å². The summed E-state index contributed by atoms with van der Waals surface area (Å²) in [6.45, 7) is 2.33. The average molecular weight is 726 g/mol. The van der Waals surface area contributed by atoms with E-state index in [4.69, 9.17) is 16.2 Å². The summed E-state index contributed by atoms with van der Waals surface area (Å²) in [5, 5.41) is 11.5. The van der Waals surface area contributed by atoms with Gasteiger partial charge >= 0.3 is 0 Å². The lowest BCUT2D eigenvalue weighted by atomic mass is 9.97. The van der Waals surface area contributed by atoms with Crippen LogP contribution in [0.3, 0.4) is 0 Å². The molecule has 1 fully saturated rings. The molecule has 2 aliphatic rings. The Morgan fingerprint density at radius 1 is 0.981 bits per heavy atom. The molecule has 0 aliphatic carbocycles. The number of nitrogens with one attached hydrogen (secondary N) is 4. The highest BCUT2D eigenvalue weighted by Gasteiger charge is 2.45. The maximum atomic E-state index is 15.2. The average Bonchev–Trinajstić information content (AvgIpc) is 3.38. The molecule has 1 atom stereocenters. The smallest absolute Gasteiger partial charge is 0.264 e. The number of ether oxygens (including phenoxy) is 1. The molecule has 4 aromatic rings. The summed E-state index contributed by atoms with van der Waals surface area (Å²) in [6.07, 6.45) is 4.44. The molecule has 2 aromatic carbocycles. The van der Waals surface area contributed by atoms with Crippen LogP contribution in [-0.4, -0.2) is 82.7 Å². The molecule has 16 nitrogen and oxygen atoms in total. The molecule has 6 rings (SSSR count). The number of halogens is 1. The molecular formula is C36H36FN9O7. The fourth-order valence-corrected chi connectivity index (χ4v) is 6.17. The van der Waals surface area contributed by atoms with Crippen molar-refractivity contribution in [2.24, 2.45) is 0 Å². The highest BCUT2D eigenvalue weighted by atomic mass is 19.1. The van der Waals surface area contributed by atoms with Gasteiger partial charge in [0.15, 0.2) is 5.82 Å². The van der Waals surface area contributed by atoms with E-state index in [2.05, 4.69) is 31.2 Å². The van der Waals surface area contributed by atoms with E-state index in [0.717, 1.165) is 4.90 Å². The van der Waals surface area contributed by atoms with Crippen molar-refractivity contribution in [1.82, 2.24) is 25.5 Å². The van der Waals surface area contributed by atoms with E-state index in [-0.39, 0.29) is 86.1 Å². The second kappa shape index (κ2) is 15.4. The number of rotatable bonds is 13. The molecule has 0 saturated carbocycles. The van der Waals surface area contributed by atoms with Crippen molar-refractivity contribution in [2.75, 3.05) is 48.4 Å². The van der Waals surface area contributed by atoms with Crippen molar-refractivity contribution < 1.29 is 37.9 Å². The fourth-order valence-electron chi connectivity index (χ4n) is 6.17. The molecule has 0 spiro atoms. The molecule has 4 heterocycles. The molecule has 274 valence electrons. The minimum absolute atomic E-state index is 0.0251. The Labute approximate surface area is 301 Å². The zero-order valence-corrected chi connectivity index (χ0v) is 28.6. The largest absolute Gasteiger partial charge is 0.397 e. The second-order valence-electron chi connectivity index (χ2n) is 12.5. The number of hydrogen-bond donors (Lipinski definition) is 6. The maximum absolute atomic E-state index is 15.2. The maximum Gasteiger partial charge on any atom is 0.264 e. The van der Waals surface area contributed by atoms with Crippen molar-refractivity contribution in [2.45, 2.75) is 38.6 Å². The first-order valence-electron chi connectivity index (χ1n) is 16.8. The molecule has 53 heavy (non-hydrogen) atoms. The number of imide groups is 2. The van der Waals surface area contributed by atoms with Crippen LogP contribution in [0, 0.1) is 12.7 Å². The number of aromatic nitrogens is 2. The van der Waals surface area contributed by atoms with E-state index in [1.165, 1.54) is 24.7 Å². The topological polar surface area (TPSA) is 241 Å². The zero-order valence-electron chi connectivity index (χ0n) is 28.6. The summed E-state index contributed by atoms with van der Waals surface area (Å²) in [5.74, 6) is -3.50. The van der Waals surface area contributed by atoms with Crippen molar-refractivity contribution in [3.8, 4) is 11.1 Å². The number of nitrogen functional groups attached to an aromatic ring is 2. The number of carbonyl (C=O) groups is 6. The van der Waals surface area contributed by atoms with Gasteiger partial charge in [0.2, 0.25) is 23.6 Å². The molecule has 0 radical (unpaired) electrons. The number of hydrogen-bond acceptors (Lipinski definition) is 12. The van der Waals surface area contributed by atoms with E-state index in [1.807, 2.05) is 0 Å². The third-order valence-electron chi connectivity index (χ3n) is 8.99. The first kappa shape index (κ1) is 36.3. The van der Waals surface area contributed by atoms with Gasteiger partial charge in [-0.1, -0.05) is 6.07 Å². The normalized spacial score (nSPS) is 15.4. The number of benzene rings is 2. The van der Waals surface area contributed by atoms with Gasteiger partial charge in [-0.2, -0.15) is 0 Å². The van der Waals surface area contributed by atoms with Gasteiger partial charge in [-0.3, -0.25) is 44.0 Å². The third-order valence-corrected chi connectivity index (χ3v) is 8.99. The third kappa shape index (κ3) is 7.59. The van der Waals surface area contributed by atoms with Crippen LogP contribution in [0.4, 0.5) is 27.3 Å². The lowest BCUT2D eigenvalue weighted by Crippen LogP contribution is -2.54. The number of anilines is 4. The van der Waals surface area contributed by atoms with Gasteiger partial charge in [0.25, 0.3) is 11.8 Å². The van der Waals surface area contributed by atoms with Crippen LogP contribution in [0.2, 0.25) is 0 Å². The Morgan fingerprint density at radius 3 is 2.58 bits per heavy atom. The van der Waals surface area contributed by atoms with E-state index in [9.17, 15) is 28.8 Å². The number of nitrogens with zero attached hydrogens (tertiary/aromatic N) is 3. The molecule has 17 heteroatoms. The molecule has 0 bridgehead atoms. The van der Waals surface area contributed by atoms with E-state index in [1.54, 1.807) is 31.2 Å². The minimum atomic E-state index is -1.06. The Balaban J connectivity index is 0.924. The predicted molar refractivity (Wildman–Crippen MR) is 192 cm³/mol. The number of carbonyl (C=O) groups excluding carboxylic acids is 6. The SMILES string of the molecule is Cc1c(N)cncc1-c1cc2cc(NC(=O)CCNC(=O)CCOCCNc3cccc4c3C(=O)N(C3CCC(=O)NC3=O)C4=O)ncc2c(N)c1F. The van der Waals surface area contributed by atoms with Gasteiger partial charge in [-0.15, -0.1) is 0 Å². The van der Waals surface area contributed by atoms with Crippen molar-refractivity contribution in [3.63, 3.8) is 0 Å². The summed E-state index contributed by atoms with van der Waals surface area (Å²) < 4.78 is 20.7. The van der Waals surface area contributed by atoms with Crippen LogP contribution in [0.15, 0.2) is 48.9 Å². The number of pyridine rings is 2. The highest BCUT2D eigenvalue weighted by molar-refractivity contribution is 6.25. The Hall–Kier alpha value is -6.49. The summed E-state index contributed by atoms with van der Waals surface area (Å²) in [5.41, 5.74) is 14.4. The molecule has 2 aromatic heterocycles. The number of fused-ring (bicyclic) bond motifs is 2. The van der Waals surface area contributed by atoms with Crippen molar-refractivity contribution >= 4 is 69.1 Å². The molecule has 2 aliphatic heterocycles. The Bertz CT molecular complexity index is 2180. The zero-order chi connectivity index (χ0) is 37.8. The minimum Gasteiger partial charge on any atom is -0.397 e. The molecule has 1 saturated heterocycles. The van der Waals surface area contributed by atoms with Crippen molar-refractivity contribution in [3.05, 3.63) is 71.4 Å². The van der Waals surface area contributed by atoms with Gasteiger partial charge < -0.3 is 32.2 Å². The standard InChI is InChI=1S/C36H36FN9O7/c1-18-22(15-40-17-24(18)38)21-13-19-14-27(43-16-23(19)33(39)32(21)37)44-30(49)7-9-42-28(47)8-11-53-12-10-41-25-4-2-3-20-31(25)36(52)46(35(20)51)26-5-6-29(48)45-34(26)50/h2-4,13-17,26,41H,5-12,38-39H2,1H3,(H,42,47)(H,43,44,49)(H,45,48,50). The Kier molecular flexibility index (Phi) is 10.6. The van der Waals surface area contributed by atoms with E-state index < -0.39 is 41.4 Å². The van der Waals surface area contributed by atoms with Crippen LogP contribution in [-0.2, 0) is 23.9 Å². The van der Waals surface area contributed by atoms with Crippen LogP contribution in [0.25, 0.3) is 21.9 Å². The Morgan fingerprint density at radius 2 is 1.79 bits per heavy atom. The predicted octanol–water partition coefficient (Wildman–Crippen LogP) is 2.27. The fraction of sp³-hybridized carbons (Fsp3) is 0.278. The van der Waals surface area contributed by atoms with E-state index >= 15 is 4.39 Å². The summed E-state index contributed by atoms with van der Waals surface area (Å²) >= 11 is 0. The molecule has 8 N–H and O–H groups in total. The second-order valence-corrected chi connectivity index (χ2v) is 12.5. The molecule has 6 amide bonds. The van der Waals surface area contributed by atoms with Gasteiger partial charge in [0.1, 0.15) is 11.9 Å². The summed E-state index contributed by atoms with van der Waals surface area (Å²) in [7, 11) is 0. The summed E-state index contributed by atoms with van der Waals surface area (Å²) in [6, 6.07) is 6.85. The quantitative estimate of drug-likeness (QED) is 0.0661. The van der Waals surface area contributed by atoms with Gasteiger partial charge in [0.05, 0.1) is 41.9 Å². The van der Waals surface area contributed by atoms with Crippen LogP contribution < -0.4 is 32.7 Å². The highest BCUT2D eigenvalue weighted by Crippen LogP contribution is 2.36. The first-order chi connectivity index (χ1) is 25.4. The van der Waals surface area contributed by atoms with Crippen LogP contribution in [0.1, 0.15) is 52.0 Å². The van der Waals surface area contributed by atoms with Crippen molar-refractivity contribution in [1.29, 1.82) is 0 Å². The number of amides is 6. The summed E-state index contributed by atoms with van der Waals surface area (Å²) in [4.78, 5) is 84.1. The van der Waals surface area contributed by atoms with Crippen LogP contribution >= 0.6 is 0 Å². The molecule has 1 unspecified atom stereocenters.